The van der Waals surface area contributed by atoms with Gasteiger partial charge in [0.05, 0.1) is 20.3 Å². The molecule has 2 atom stereocenters. The number of methoxy groups -OCH3 is 2. The molecule has 1 aromatic rings. The van der Waals surface area contributed by atoms with Crippen molar-refractivity contribution >= 4 is 11.9 Å². The fourth-order valence-electron chi connectivity index (χ4n) is 1.89. The predicted molar refractivity (Wildman–Crippen MR) is 74.4 cm³/mol. The Balaban J connectivity index is 2.88. The van der Waals surface area contributed by atoms with E-state index in [9.17, 15) is 9.59 Å². The third kappa shape index (κ3) is 4.64. The first-order valence-corrected chi connectivity index (χ1v) is 6.25. The maximum atomic E-state index is 11.1. The summed E-state index contributed by atoms with van der Waals surface area (Å²) >= 11 is 0. The molecule has 0 radical (unpaired) electrons. The van der Waals surface area contributed by atoms with Crippen LogP contribution >= 0.6 is 0 Å². The van der Waals surface area contributed by atoms with Gasteiger partial charge in [-0.3, -0.25) is 4.79 Å². The Kier molecular flexibility index (Phi) is 5.98. The number of hydrogen-bond donors (Lipinski definition) is 2. The molecule has 7 nitrogen and oxygen atoms in total. The maximum Gasteiger partial charge on any atom is 0.346 e. The number of carboxylic acid groups (broad SMARTS) is 1. The van der Waals surface area contributed by atoms with Crippen molar-refractivity contribution in [3.05, 3.63) is 23.8 Å². The normalized spacial score (nSPS) is 13.1. The van der Waals surface area contributed by atoms with Crippen molar-refractivity contribution < 1.29 is 28.9 Å². The van der Waals surface area contributed by atoms with Crippen LogP contribution < -0.4 is 15.2 Å². The Morgan fingerprint density at radius 1 is 1.24 bits per heavy atom. The lowest BCUT2D eigenvalue weighted by atomic mass is 10.0. The van der Waals surface area contributed by atoms with E-state index in [1.807, 2.05) is 0 Å². The topological polar surface area (TPSA) is 108 Å². The zero-order valence-corrected chi connectivity index (χ0v) is 12.2. The van der Waals surface area contributed by atoms with Crippen LogP contribution in [0.15, 0.2) is 18.2 Å². The minimum atomic E-state index is -1.39. The molecule has 2 unspecified atom stereocenters. The van der Waals surface area contributed by atoms with Gasteiger partial charge in [-0.15, -0.1) is 0 Å². The number of esters is 1. The number of rotatable bonds is 7. The second-order valence-electron chi connectivity index (χ2n) is 4.43. The van der Waals surface area contributed by atoms with Crippen LogP contribution in [-0.4, -0.2) is 43.4 Å². The molecule has 0 saturated carbocycles. The Bertz CT molecular complexity index is 516. The highest BCUT2D eigenvalue weighted by Crippen LogP contribution is 2.28. The van der Waals surface area contributed by atoms with Gasteiger partial charge in [-0.1, -0.05) is 6.07 Å². The number of ether oxygens (including phenoxy) is 3. The highest BCUT2D eigenvalue weighted by molar-refractivity contribution is 5.77. The van der Waals surface area contributed by atoms with Crippen molar-refractivity contribution in [3.8, 4) is 11.5 Å². The van der Waals surface area contributed by atoms with Crippen LogP contribution in [0.5, 0.6) is 11.5 Å². The number of carboxylic acids is 1. The first-order chi connectivity index (χ1) is 9.88. The van der Waals surface area contributed by atoms with Gasteiger partial charge >= 0.3 is 11.9 Å². The molecule has 0 aliphatic rings. The summed E-state index contributed by atoms with van der Waals surface area (Å²) in [5.41, 5.74) is 6.58. The molecular formula is C14H19NO6. The molecule has 21 heavy (non-hydrogen) atoms. The van der Waals surface area contributed by atoms with E-state index in [0.29, 0.717) is 11.5 Å². The van der Waals surface area contributed by atoms with Gasteiger partial charge in [0.15, 0.2) is 11.5 Å². The van der Waals surface area contributed by atoms with Crippen LogP contribution in [0.3, 0.4) is 0 Å². The summed E-state index contributed by atoms with van der Waals surface area (Å²) in [5, 5.41) is 9.05. The highest BCUT2D eigenvalue weighted by atomic mass is 16.6. The second-order valence-corrected chi connectivity index (χ2v) is 4.43. The number of carbonyl (C=O) groups is 2. The standard InChI is InChI=1S/C14H19NO6/c1-8(16)21-13(14(17)18)10(15)6-9-4-5-11(19-2)12(7-9)20-3/h4-5,7,10,13H,6,15H2,1-3H3,(H,17,18). The van der Waals surface area contributed by atoms with Gasteiger partial charge in [0.25, 0.3) is 0 Å². The first-order valence-electron chi connectivity index (χ1n) is 6.25. The van der Waals surface area contributed by atoms with Crippen LogP contribution in [-0.2, 0) is 20.7 Å². The summed E-state index contributed by atoms with van der Waals surface area (Å²) in [5.74, 6) is -0.894. The average Bonchev–Trinajstić information content (AvgIpc) is 2.43. The van der Waals surface area contributed by atoms with E-state index in [1.165, 1.54) is 14.2 Å². The Labute approximate surface area is 122 Å². The van der Waals surface area contributed by atoms with Crippen LogP contribution in [0, 0.1) is 0 Å². The molecule has 0 aliphatic heterocycles. The van der Waals surface area contributed by atoms with E-state index < -0.39 is 24.1 Å². The molecule has 0 amide bonds. The SMILES string of the molecule is COc1ccc(CC(N)C(OC(C)=O)C(=O)O)cc1OC. The van der Waals surface area contributed by atoms with Gasteiger partial charge in [-0.25, -0.2) is 4.79 Å². The lowest BCUT2D eigenvalue weighted by Gasteiger charge is -2.20. The molecule has 0 bridgehead atoms. The number of aliphatic carboxylic acids is 1. The lowest BCUT2D eigenvalue weighted by molar-refractivity contribution is -0.163. The van der Waals surface area contributed by atoms with E-state index in [2.05, 4.69) is 0 Å². The monoisotopic (exact) mass is 297 g/mol. The zero-order chi connectivity index (χ0) is 16.0. The summed E-state index contributed by atoms with van der Waals surface area (Å²) < 4.78 is 15.0. The van der Waals surface area contributed by atoms with E-state index in [1.54, 1.807) is 18.2 Å². The molecular weight excluding hydrogens is 278 g/mol. The summed E-state index contributed by atoms with van der Waals surface area (Å²) in [7, 11) is 3.02. The minimum absolute atomic E-state index is 0.213. The Hall–Kier alpha value is -2.28. The molecule has 0 aromatic heterocycles. The molecule has 1 rings (SSSR count). The molecule has 0 saturated heterocycles. The van der Waals surface area contributed by atoms with Crippen LogP contribution in [0.25, 0.3) is 0 Å². The van der Waals surface area contributed by atoms with Gasteiger partial charge < -0.3 is 25.1 Å². The van der Waals surface area contributed by atoms with Crippen molar-refractivity contribution in [2.45, 2.75) is 25.5 Å². The van der Waals surface area contributed by atoms with E-state index >= 15 is 0 Å². The average molecular weight is 297 g/mol. The Morgan fingerprint density at radius 3 is 2.33 bits per heavy atom. The molecule has 0 spiro atoms. The molecule has 0 fully saturated rings. The lowest BCUT2D eigenvalue weighted by Crippen LogP contribution is -2.44. The molecule has 116 valence electrons. The van der Waals surface area contributed by atoms with Crippen molar-refractivity contribution in [2.75, 3.05) is 14.2 Å². The van der Waals surface area contributed by atoms with E-state index in [-0.39, 0.29) is 6.42 Å². The molecule has 0 heterocycles. The summed E-state index contributed by atoms with van der Waals surface area (Å²) in [4.78, 5) is 22.0. The quantitative estimate of drug-likeness (QED) is 0.709. The van der Waals surface area contributed by atoms with Crippen molar-refractivity contribution in [3.63, 3.8) is 0 Å². The Morgan fingerprint density at radius 2 is 1.86 bits per heavy atom. The predicted octanol–water partition coefficient (Wildman–Crippen LogP) is 0.590. The van der Waals surface area contributed by atoms with Crippen molar-refractivity contribution in [1.29, 1.82) is 0 Å². The maximum absolute atomic E-state index is 11.1. The second kappa shape index (κ2) is 7.49. The summed E-state index contributed by atoms with van der Waals surface area (Å²) in [6, 6.07) is 4.27. The van der Waals surface area contributed by atoms with Gasteiger partial charge in [-0.2, -0.15) is 0 Å². The van der Waals surface area contributed by atoms with Gasteiger partial charge in [0.1, 0.15) is 0 Å². The van der Waals surface area contributed by atoms with Gasteiger partial charge in [0.2, 0.25) is 6.10 Å². The van der Waals surface area contributed by atoms with Crippen LogP contribution in [0.2, 0.25) is 0 Å². The van der Waals surface area contributed by atoms with Crippen LogP contribution in [0.4, 0.5) is 0 Å². The third-order valence-electron chi connectivity index (χ3n) is 2.84. The van der Waals surface area contributed by atoms with Gasteiger partial charge in [0, 0.05) is 6.92 Å². The third-order valence-corrected chi connectivity index (χ3v) is 2.84. The van der Waals surface area contributed by atoms with E-state index in [0.717, 1.165) is 12.5 Å². The van der Waals surface area contributed by atoms with Crippen molar-refractivity contribution in [2.24, 2.45) is 5.73 Å². The molecule has 1 aromatic carbocycles. The fraction of sp³-hybridized carbons (Fsp3) is 0.429. The molecule has 3 N–H and O–H groups in total. The summed E-state index contributed by atoms with van der Waals surface area (Å²) in [6.07, 6.45) is -1.18. The van der Waals surface area contributed by atoms with Crippen molar-refractivity contribution in [1.82, 2.24) is 0 Å². The number of nitrogens with two attached hydrogens (primary N) is 1. The molecule has 0 aliphatic carbocycles. The first kappa shape index (κ1) is 16.8. The number of hydrogen-bond acceptors (Lipinski definition) is 6. The number of benzene rings is 1. The minimum Gasteiger partial charge on any atom is -0.493 e. The highest BCUT2D eigenvalue weighted by Gasteiger charge is 2.28. The number of carbonyl (C=O) groups excluding carboxylic acids is 1. The largest absolute Gasteiger partial charge is 0.493 e. The van der Waals surface area contributed by atoms with Crippen LogP contribution in [0.1, 0.15) is 12.5 Å². The van der Waals surface area contributed by atoms with E-state index in [4.69, 9.17) is 25.1 Å². The molecule has 7 heteroatoms. The zero-order valence-electron chi connectivity index (χ0n) is 12.2. The van der Waals surface area contributed by atoms with Gasteiger partial charge in [-0.05, 0) is 24.1 Å². The summed E-state index contributed by atoms with van der Waals surface area (Å²) in [6.45, 7) is 1.14. The fourth-order valence-corrected chi connectivity index (χ4v) is 1.89. The smallest absolute Gasteiger partial charge is 0.346 e.